The van der Waals surface area contributed by atoms with Gasteiger partial charge in [0.15, 0.2) is 0 Å². The molecule has 1 aromatic heterocycles. The molecular weight excluding hydrogens is 277 g/mol. The highest BCUT2D eigenvalue weighted by Gasteiger charge is 2.51. The molecule has 1 heterocycles. The van der Waals surface area contributed by atoms with Crippen molar-refractivity contribution >= 4 is 11.6 Å². The number of hydrogen-bond donors (Lipinski definition) is 0. The zero-order valence-corrected chi connectivity index (χ0v) is 11.7. The van der Waals surface area contributed by atoms with Gasteiger partial charge < -0.3 is 4.57 Å². The second-order valence-corrected chi connectivity index (χ2v) is 6.32. The van der Waals surface area contributed by atoms with Crippen LogP contribution < -0.4 is 0 Å². The van der Waals surface area contributed by atoms with Crippen LogP contribution in [-0.2, 0) is 5.41 Å². The zero-order chi connectivity index (χ0) is 13.7. The number of aromatic nitrogens is 3. The van der Waals surface area contributed by atoms with Crippen LogP contribution in [0.3, 0.4) is 0 Å². The van der Waals surface area contributed by atoms with E-state index in [2.05, 4.69) is 14.8 Å². The second kappa shape index (κ2) is 4.29. The molecule has 20 heavy (non-hydrogen) atoms. The highest BCUT2D eigenvalue weighted by Crippen LogP contribution is 2.51. The molecule has 0 bridgehead atoms. The van der Waals surface area contributed by atoms with Crippen molar-refractivity contribution in [3.8, 4) is 0 Å². The molecule has 2 fully saturated rings. The van der Waals surface area contributed by atoms with Gasteiger partial charge in [0.25, 0.3) is 0 Å². The molecule has 0 radical (unpaired) electrons. The Morgan fingerprint density at radius 1 is 1.20 bits per heavy atom. The fourth-order valence-electron chi connectivity index (χ4n) is 3.22. The second-order valence-electron chi connectivity index (χ2n) is 5.89. The minimum atomic E-state index is -0.755. The molecule has 0 unspecified atom stereocenters. The summed E-state index contributed by atoms with van der Waals surface area (Å²) in [7, 11) is 0. The molecule has 0 aliphatic heterocycles. The molecule has 2 aliphatic rings. The van der Waals surface area contributed by atoms with Crippen LogP contribution in [0.5, 0.6) is 0 Å². The Morgan fingerprint density at radius 2 is 1.90 bits per heavy atom. The summed E-state index contributed by atoms with van der Waals surface area (Å²) in [5.41, 5.74) is 0.758. The quantitative estimate of drug-likeness (QED) is 0.863. The molecule has 4 rings (SSSR count). The molecule has 2 aliphatic carbocycles. The van der Waals surface area contributed by atoms with E-state index in [0.29, 0.717) is 23.9 Å². The average Bonchev–Trinajstić information content (AvgIpc) is 3.14. The summed E-state index contributed by atoms with van der Waals surface area (Å²) >= 11 is 5.96. The molecule has 0 atom stereocenters. The first-order chi connectivity index (χ1) is 9.69. The van der Waals surface area contributed by atoms with Gasteiger partial charge in [0.2, 0.25) is 0 Å². The van der Waals surface area contributed by atoms with Crippen molar-refractivity contribution in [3.05, 3.63) is 47.0 Å². The lowest BCUT2D eigenvalue weighted by Gasteiger charge is -2.43. The van der Waals surface area contributed by atoms with E-state index in [0.717, 1.165) is 11.4 Å². The Hall–Kier alpha value is -1.42. The van der Waals surface area contributed by atoms with Gasteiger partial charge in [-0.05, 0) is 43.4 Å². The lowest BCUT2D eigenvalue weighted by Crippen LogP contribution is -2.45. The van der Waals surface area contributed by atoms with Crippen molar-refractivity contribution in [2.45, 2.75) is 43.3 Å². The minimum absolute atomic E-state index is 0.330. The Balaban J connectivity index is 1.80. The fourth-order valence-corrected chi connectivity index (χ4v) is 3.34. The molecule has 2 aromatic rings. The van der Waals surface area contributed by atoms with Gasteiger partial charge in [-0.15, -0.1) is 10.2 Å². The van der Waals surface area contributed by atoms with Crippen LogP contribution in [0.1, 0.15) is 43.1 Å². The first-order valence-electron chi connectivity index (χ1n) is 6.99. The summed E-state index contributed by atoms with van der Waals surface area (Å²) in [6, 6.07) is 8.20. The number of benzene rings is 1. The Bertz CT molecular complexity index is 627. The lowest BCUT2D eigenvalue weighted by atomic mass is 9.62. The number of rotatable bonds is 3. The molecule has 0 saturated heterocycles. The highest BCUT2D eigenvalue weighted by atomic mass is 35.5. The molecule has 2 saturated carbocycles. The summed E-state index contributed by atoms with van der Waals surface area (Å²) in [5, 5.41) is 9.08. The van der Waals surface area contributed by atoms with E-state index in [1.54, 1.807) is 6.33 Å². The minimum Gasteiger partial charge on any atom is -0.314 e. The van der Waals surface area contributed by atoms with Crippen LogP contribution in [0, 0.1) is 0 Å². The maximum Gasteiger partial charge on any atom is 0.143 e. The van der Waals surface area contributed by atoms with E-state index < -0.39 is 6.17 Å². The van der Waals surface area contributed by atoms with E-state index in [9.17, 15) is 4.39 Å². The topological polar surface area (TPSA) is 30.7 Å². The van der Waals surface area contributed by atoms with Gasteiger partial charge in [-0.1, -0.05) is 23.7 Å². The fraction of sp³-hybridized carbons (Fsp3) is 0.467. The summed E-state index contributed by atoms with van der Waals surface area (Å²) in [6.45, 7) is 0. The van der Waals surface area contributed by atoms with Gasteiger partial charge in [-0.25, -0.2) is 4.39 Å². The van der Waals surface area contributed by atoms with E-state index in [1.807, 2.05) is 24.3 Å². The Morgan fingerprint density at radius 3 is 2.50 bits per heavy atom. The van der Waals surface area contributed by atoms with Gasteiger partial charge in [0.1, 0.15) is 18.3 Å². The average molecular weight is 292 g/mol. The van der Waals surface area contributed by atoms with E-state index in [-0.39, 0.29) is 5.41 Å². The molecule has 1 aromatic carbocycles. The van der Waals surface area contributed by atoms with Crippen LogP contribution in [0.25, 0.3) is 0 Å². The SMILES string of the molecule is F[C@H]1C[C@](c2ccc(Cl)cc2)(c2nncn2C2CC2)C1. The third kappa shape index (κ3) is 1.78. The van der Waals surface area contributed by atoms with E-state index in [4.69, 9.17) is 11.6 Å². The lowest BCUT2D eigenvalue weighted by molar-refractivity contribution is 0.113. The van der Waals surface area contributed by atoms with Crippen LogP contribution >= 0.6 is 11.6 Å². The van der Waals surface area contributed by atoms with E-state index >= 15 is 0 Å². The van der Waals surface area contributed by atoms with Gasteiger partial charge in [0.05, 0.1) is 5.41 Å². The summed E-state index contributed by atoms with van der Waals surface area (Å²) in [6.07, 6.45) is 4.34. The van der Waals surface area contributed by atoms with Crippen molar-refractivity contribution in [2.75, 3.05) is 0 Å². The summed E-state index contributed by atoms with van der Waals surface area (Å²) in [4.78, 5) is 0. The number of nitrogens with zero attached hydrogens (tertiary/aromatic N) is 3. The first kappa shape index (κ1) is 12.3. The van der Waals surface area contributed by atoms with Crippen molar-refractivity contribution in [3.63, 3.8) is 0 Å². The monoisotopic (exact) mass is 291 g/mol. The molecule has 0 N–H and O–H groups in total. The Kier molecular flexibility index (Phi) is 2.64. The maximum atomic E-state index is 13.6. The van der Waals surface area contributed by atoms with Crippen LogP contribution in [0.4, 0.5) is 4.39 Å². The largest absolute Gasteiger partial charge is 0.314 e. The highest BCUT2D eigenvalue weighted by molar-refractivity contribution is 6.30. The van der Waals surface area contributed by atoms with Gasteiger partial charge in [-0.3, -0.25) is 0 Å². The third-order valence-electron chi connectivity index (χ3n) is 4.48. The molecule has 0 spiro atoms. The van der Waals surface area contributed by atoms with Crippen LogP contribution in [0.15, 0.2) is 30.6 Å². The maximum absolute atomic E-state index is 13.6. The summed E-state index contributed by atoms with van der Waals surface area (Å²) < 4.78 is 15.8. The smallest absolute Gasteiger partial charge is 0.143 e. The van der Waals surface area contributed by atoms with Crippen molar-refractivity contribution < 1.29 is 4.39 Å². The standard InChI is InChI=1S/C15H15ClFN3/c16-11-3-1-10(2-4-11)15(7-12(17)8-15)14-19-18-9-20(14)13-5-6-13/h1-4,9,12-13H,5-8H2/t12-,15-. The zero-order valence-electron chi connectivity index (χ0n) is 11.0. The van der Waals surface area contributed by atoms with Gasteiger partial charge >= 0.3 is 0 Å². The van der Waals surface area contributed by atoms with Crippen molar-refractivity contribution in [1.29, 1.82) is 0 Å². The number of alkyl halides is 1. The van der Waals surface area contributed by atoms with Gasteiger partial charge in [0, 0.05) is 11.1 Å². The van der Waals surface area contributed by atoms with Crippen molar-refractivity contribution in [2.24, 2.45) is 0 Å². The van der Waals surface area contributed by atoms with Crippen molar-refractivity contribution in [1.82, 2.24) is 14.8 Å². The number of halogens is 2. The molecule has 104 valence electrons. The third-order valence-corrected chi connectivity index (χ3v) is 4.73. The number of hydrogen-bond acceptors (Lipinski definition) is 2. The first-order valence-corrected chi connectivity index (χ1v) is 7.37. The molecule has 3 nitrogen and oxygen atoms in total. The van der Waals surface area contributed by atoms with E-state index in [1.165, 1.54) is 12.8 Å². The molecule has 0 amide bonds. The molecule has 5 heteroatoms. The van der Waals surface area contributed by atoms with Crippen LogP contribution in [0.2, 0.25) is 5.02 Å². The predicted molar refractivity (Wildman–Crippen MR) is 74.7 cm³/mol. The van der Waals surface area contributed by atoms with Crippen LogP contribution in [-0.4, -0.2) is 20.9 Å². The molecular formula is C15H15ClFN3. The van der Waals surface area contributed by atoms with Gasteiger partial charge in [-0.2, -0.15) is 0 Å². The Labute approximate surface area is 121 Å². The normalized spacial score (nSPS) is 29.2. The summed E-state index contributed by atoms with van der Waals surface area (Å²) in [5.74, 6) is 0.913. The predicted octanol–water partition coefficient (Wildman–Crippen LogP) is 3.68.